The van der Waals surface area contributed by atoms with E-state index in [0.717, 1.165) is 5.56 Å². The van der Waals surface area contributed by atoms with Gasteiger partial charge in [-0.3, -0.25) is 33.6 Å². The maximum absolute atomic E-state index is 13.3. The molecule has 0 unspecified atom stereocenters. The van der Waals surface area contributed by atoms with Crippen LogP contribution in [0.15, 0.2) is 30.3 Å². The van der Waals surface area contributed by atoms with E-state index in [0.29, 0.717) is 6.42 Å². The van der Waals surface area contributed by atoms with E-state index in [2.05, 4.69) is 16.0 Å². The molecule has 4 atom stereocenters. The van der Waals surface area contributed by atoms with Crippen LogP contribution in [-0.2, 0) is 40.0 Å². The second kappa shape index (κ2) is 15.2. The molecule has 0 aromatic heterocycles. The van der Waals surface area contributed by atoms with E-state index >= 15 is 0 Å². The van der Waals surface area contributed by atoms with E-state index < -0.39 is 65.5 Å². The molecule has 1 heterocycles. The van der Waals surface area contributed by atoms with E-state index in [1.807, 2.05) is 0 Å². The third-order valence-electron chi connectivity index (χ3n) is 6.45. The maximum Gasteiger partial charge on any atom is 0.245 e. The first-order valence-electron chi connectivity index (χ1n) is 13.0. The van der Waals surface area contributed by atoms with Crippen molar-refractivity contribution in [2.24, 2.45) is 17.2 Å². The van der Waals surface area contributed by atoms with Gasteiger partial charge in [0.1, 0.15) is 24.2 Å². The summed E-state index contributed by atoms with van der Waals surface area (Å²) < 4.78 is 0. The van der Waals surface area contributed by atoms with Gasteiger partial charge in [-0.15, -0.1) is 0 Å². The molecular weight excluding hydrogens is 522 g/mol. The highest BCUT2D eigenvalue weighted by atomic mass is 16.2. The molecule has 1 saturated heterocycles. The zero-order valence-electron chi connectivity index (χ0n) is 22.4. The van der Waals surface area contributed by atoms with Crippen molar-refractivity contribution >= 4 is 41.4 Å². The number of primary amides is 3. The summed E-state index contributed by atoms with van der Waals surface area (Å²) in [5, 5.41) is 7.59. The minimum absolute atomic E-state index is 0.0435. The summed E-state index contributed by atoms with van der Waals surface area (Å²) in [7, 11) is 0. The lowest BCUT2D eigenvalue weighted by molar-refractivity contribution is -0.142. The van der Waals surface area contributed by atoms with Gasteiger partial charge in [-0.05, 0) is 31.2 Å². The number of hydrogen-bond donors (Lipinski definition) is 6. The predicted octanol–water partition coefficient (Wildman–Crippen LogP) is -2.29. The first-order valence-corrected chi connectivity index (χ1v) is 13.0. The number of hydrogen-bond acceptors (Lipinski definition) is 7. The van der Waals surface area contributed by atoms with Gasteiger partial charge in [-0.25, -0.2) is 0 Å². The van der Waals surface area contributed by atoms with Crippen LogP contribution < -0.4 is 33.2 Å². The SMILES string of the molecule is CC(=O)N[C@@H](CCC(N)=O)C(=O)N1CCC[C@H]1C(=O)N[C@@H](CCC(N)=O)C(=O)N[C@@H](Cc1ccccc1)C(N)=O. The summed E-state index contributed by atoms with van der Waals surface area (Å²) >= 11 is 0. The van der Waals surface area contributed by atoms with Crippen LogP contribution in [-0.4, -0.2) is 77.0 Å². The van der Waals surface area contributed by atoms with Gasteiger partial charge in [-0.1, -0.05) is 30.3 Å². The molecule has 0 aliphatic carbocycles. The number of rotatable bonds is 15. The molecule has 0 spiro atoms. The lowest BCUT2D eigenvalue weighted by atomic mass is 10.0. The van der Waals surface area contributed by atoms with E-state index in [1.165, 1.54) is 11.8 Å². The fourth-order valence-corrected chi connectivity index (χ4v) is 4.46. The Labute approximate surface area is 231 Å². The van der Waals surface area contributed by atoms with Crippen LogP contribution in [0.3, 0.4) is 0 Å². The van der Waals surface area contributed by atoms with Gasteiger partial charge in [0, 0.05) is 32.7 Å². The van der Waals surface area contributed by atoms with E-state index in [-0.39, 0.29) is 45.1 Å². The van der Waals surface area contributed by atoms with Crippen LogP contribution in [0.1, 0.15) is 51.0 Å². The zero-order valence-corrected chi connectivity index (χ0v) is 22.4. The van der Waals surface area contributed by atoms with E-state index in [4.69, 9.17) is 17.2 Å². The molecule has 14 heteroatoms. The Morgan fingerprint density at radius 2 is 1.45 bits per heavy atom. The highest BCUT2D eigenvalue weighted by Crippen LogP contribution is 2.20. The average molecular weight is 560 g/mol. The number of nitrogens with one attached hydrogen (secondary N) is 3. The Balaban J connectivity index is 2.17. The van der Waals surface area contributed by atoms with Crippen molar-refractivity contribution in [1.29, 1.82) is 0 Å². The maximum atomic E-state index is 13.3. The fraction of sp³-hybridized carbons (Fsp3) is 0.500. The molecule has 218 valence electrons. The average Bonchev–Trinajstić information content (AvgIpc) is 3.38. The molecule has 0 radical (unpaired) electrons. The van der Waals surface area contributed by atoms with Gasteiger partial charge in [0.15, 0.2) is 0 Å². The van der Waals surface area contributed by atoms with Crippen molar-refractivity contribution in [3.63, 3.8) is 0 Å². The number of nitrogens with two attached hydrogens (primary N) is 3. The van der Waals surface area contributed by atoms with Crippen LogP contribution in [0.2, 0.25) is 0 Å². The van der Waals surface area contributed by atoms with Crippen molar-refractivity contribution in [2.75, 3.05) is 6.54 Å². The van der Waals surface area contributed by atoms with Crippen LogP contribution in [0.25, 0.3) is 0 Å². The summed E-state index contributed by atoms with van der Waals surface area (Å²) in [5.41, 5.74) is 16.7. The Morgan fingerprint density at radius 1 is 0.850 bits per heavy atom. The number of likely N-dealkylation sites (tertiary alicyclic amines) is 1. The van der Waals surface area contributed by atoms with Crippen molar-refractivity contribution in [2.45, 2.75) is 76.0 Å². The largest absolute Gasteiger partial charge is 0.370 e. The van der Waals surface area contributed by atoms with Crippen LogP contribution >= 0.6 is 0 Å². The Morgan fingerprint density at radius 3 is 2.00 bits per heavy atom. The number of carbonyl (C=O) groups excluding carboxylic acids is 7. The van der Waals surface area contributed by atoms with Gasteiger partial charge in [0.2, 0.25) is 41.4 Å². The van der Waals surface area contributed by atoms with Crippen molar-refractivity contribution < 1.29 is 33.6 Å². The minimum Gasteiger partial charge on any atom is -0.370 e. The minimum atomic E-state index is -1.25. The smallest absolute Gasteiger partial charge is 0.245 e. The highest BCUT2D eigenvalue weighted by Gasteiger charge is 2.39. The Kier molecular flexibility index (Phi) is 12.0. The molecule has 1 aromatic carbocycles. The van der Waals surface area contributed by atoms with Gasteiger partial charge < -0.3 is 38.1 Å². The van der Waals surface area contributed by atoms with E-state index in [9.17, 15) is 33.6 Å². The molecule has 1 aliphatic heterocycles. The van der Waals surface area contributed by atoms with Crippen LogP contribution in [0.4, 0.5) is 0 Å². The van der Waals surface area contributed by atoms with Crippen molar-refractivity contribution in [3.8, 4) is 0 Å². The van der Waals surface area contributed by atoms with Crippen molar-refractivity contribution in [1.82, 2.24) is 20.9 Å². The molecule has 1 aromatic rings. The second-order valence-corrected chi connectivity index (χ2v) is 9.67. The third kappa shape index (κ3) is 10.0. The summed E-state index contributed by atoms with van der Waals surface area (Å²) in [6.45, 7) is 1.43. The van der Waals surface area contributed by atoms with Gasteiger partial charge in [0.05, 0.1) is 0 Å². The van der Waals surface area contributed by atoms with E-state index in [1.54, 1.807) is 30.3 Å². The summed E-state index contributed by atoms with van der Waals surface area (Å²) in [6, 6.07) is 4.47. The van der Waals surface area contributed by atoms with Gasteiger partial charge in [0.25, 0.3) is 0 Å². The molecule has 9 N–H and O–H groups in total. The summed E-state index contributed by atoms with van der Waals surface area (Å²) in [4.78, 5) is 87.3. The summed E-state index contributed by atoms with van der Waals surface area (Å²) in [6.07, 6.45) is 0.284. The molecule has 0 saturated carbocycles. The van der Waals surface area contributed by atoms with Gasteiger partial charge >= 0.3 is 0 Å². The second-order valence-electron chi connectivity index (χ2n) is 9.67. The zero-order chi connectivity index (χ0) is 29.8. The molecule has 7 amide bonds. The summed E-state index contributed by atoms with van der Waals surface area (Å²) in [5.74, 6) is -4.61. The molecule has 1 aliphatic rings. The first kappa shape index (κ1) is 31.7. The number of carbonyl (C=O) groups is 7. The molecule has 40 heavy (non-hydrogen) atoms. The van der Waals surface area contributed by atoms with Crippen LogP contribution in [0.5, 0.6) is 0 Å². The lowest BCUT2D eigenvalue weighted by Crippen LogP contribution is -2.58. The molecular formula is C26H37N7O7. The third-order valence-corrected chi connectivity index (χ3v) is 6.45. The normalized spacial score (nSPS) is 16.7. The Hall–Kier alpha value is -4.49. The van der Waals surface area contributed by atoms with Crippen molar-refractivity contribution in [3.05, 3.63) is 35.9 Å². The first-order chi connectivity index (χ1) is 18.9. The molecule has 1 fully saturated rings. The molecule has 2 rings (SSSR count). The molecule has 0 bridgehead atoms. The quantitative estimate of drug-likeness (QED) is 0.137. The number of benzene rings is 1. The number of nitrogens with zero attached hydrogens (tertiary/aromatic N) is 1. The fourth-order valence-electron chi connectivity index (χ4n) is 4.46. The monoisotopic (exact) mass is 559 g/mol. The topological polar surface area (TPSA) is 237 Å². The highest BCUT2D eigenvalue weighted by molar-refractivity contribution is 5.96. The van der Waals surface area contributed by atoms with Gasteiger partial charge in [-0.2, -0.15) is 0 Å². The Bertz CT molecular complexity index is 1110. The predicted molar refractivity (Wildman–Crippen MR) is 142 cm³/mol. The lowest BCUT2D eigenvalue weighted by Gasteiger charge is -2.30. The molecule has 14 nitrogen and oxygen atoms in total. The number of amides is 7. The standard InChI is InChI=1S/C26H37N7O7/c1-15(34)30-18(10-12-22(28)36)26(40)33-13-5-8-20(33)25(39)31-17(9-11-21(27)35)24(38)32-19(23(29)37)14-16-6-3-2-4-7-16/h2-4,6-7,17-20H,5,8-14H2,1H3,(H2,27,35)(H2,28,36)(H2,29,37)(H,30,34)(H,31,39)(H,32,38)/t17-,18-,19-,20-/m0/s1. The van der Waals surface area contributed by atoms with Crippen LogP contribution in [0, 0.1) is 0 Å².